The SMILES string of the molecule is CCc1c2c(C(=O)OC)cc(C(F)(F)F)cc2nn1-c1ccc(-n2c(C)nn(C)c2=O)cc1. The molecule has 0 atom stereocenters. The highest BCUT2D eigenvalue weighted by molar-refractivity contribution is 6.05. The average molecular weight is 459 g/mol. The molecule has 0 saturated carbocycles. The van der Waals surface area contributed by atoms with Crippen LogP contribution in [0, 0.1) is 6.92 Å². The summed E-state index contributed by atoms with van der Waals surface area (Å²) >= 11 is 0. The van der Waals surface area contributed by atoms with E-state index >= 15 is 0 Å². The van der Waals surface area contributed by atoms with Gasteiger partial charge in [0, 0.05) is 12.4 Å². The number of aromatic nitrogens is 5. The minimum atomic E-state index is -4.65. The summed E-state index contributed by atoms with van der Waals surface area (Å²) in [6, 6.07) is 8.49. The van der Waals surface area contributed by atoms with Crippen LogP contribution in [0.25, 0.3) is 22.3 Å². The minimum absolute atomic E-state index is 0.0328. The van der Waals surface area contributed by atoms with Gasteiger partial charge in [0.15, 0.2) is 0 Å². The lowest BCUT2D eigenvalue weighted by Crippen LogP contribution is -2.21. The molecular formula is C22H20F3N5O3. The van der Waals surface area contributed by atoms with E-state index in [2.05, 4.69) is 10.2 Å². The molecule has 2 aromatic carbocycles. The molecule has 0 N–H and O–H groups in total. The number of carbonyl (C=O) groups excluding carboxylic acids is 1. The Kier molecular flexibility index (Phi) is 5.35. The van der Waals surface area contributed by atoms with Gasteiger partial charge in [0.25, 0.3) is 0 Å². The lowest BCUT2D eigenvalue weighted by Gasteiger charge is -2.10. The summed E-state index contributed by atoms with van der Waals surface area (Å²) in [7, 11) is 2.67. The van der Waals surface area contributed by atoms with Crippen molar-refractivity contribution in [3.63, 3.8) is 0 Å². The van der Waals surface area contributed by atoms with Crippen LogP contribution in [0.4, 0.5) is 13.2 Å². The Morgan fingerprint density at radius 2 is 1.73 bits per heavy atom. The summed E-state index contributed by atoms with van der Waals surface area (Å²) in [6.07, 6.45) is -4.25. The maximum absolute atomic E-state index is 13.4. The van der Waals surface area contributed by atoms with Crippen LogP contribution in [0.3, 0.4) is 0 Å². The molecule has 0 aliphatic rings. The zero-order valence-electron chi connectivity index (χ0n) is 18.3. The monoisotopic (exact) mass is 459 g/mol. The summed E-state index contributed by atoms with van der Waals surface area (Å²) in [5.74, 6) is -0.362. The first-order valence-electron chi connectivity index (χ1n) is 10.0. The number of hydrogen-bond acceptors (Lipinski definition) is 5. The van der Waals surface area contributed by atoms with Gasteiger partial charge in [0.2, 0.25) is 0 Å². The first-order chi connectivity index (χ1) is 15.6. The topological polar surface area (TPSA) is 83.9 Å². The third-order valence-corrected chi connectivity index (χ3v) is 5.38. The molecule has 4 rings (SSSR count). The third kappa shape index (κ3) is 3.69. The van der Waals surface area contributed by atoms with Crippen LogP contribution in [-0.4, -0.2) is 37.2 Å². The van der Waals surface area contributed by atoms with Crippen molar-refractivity contribution in [2.24, 2.45) is 7.05 Å². The van der Waals surface area contributed by atoms with Gasteiger partial charge in [0.1, 0.15) is 5.82 Å². The summed E-state index contributed by atoms with van der Waals surface area (Å²) in [5, 5.41) is 8.78. The van der Waals surface area contributed by atoms with Crippen LogP contribution in [0.15, 0.2) is 41.2 Å². The lowest BCUT2D eigenvalue weighted by atomic mass is 10.0. The maximum atomic E-state index is 13.4. The van der Waals surface area contributed by atoms with Crippen molar-refractivity contribution in [2.75, 3.05) is 7.11 Å². The normalized spacial score (nSPS) is 11.8. The zero-order valence-corrected chi connectivity index (χ0v) is 18.3. The van der Waals surface area contributed by atoms with E-state index in [1.54, 1.807) is 38.2 Å². The fourth-order valence-corrected chi connectivity index (χ4v) is 3.89. The average Bonchev–Trinajstić information content (AvgIpc) is 3.28. The molecular weight excluding hydrogens is 439 g/mol. The number of carbonyl (C=O) groups is 1. The molecule has 0 unspecified atom stereocenters. The van der Waals surface area contributed by atoms with E-state index in [0.717, 1.165) is 19.2 Å². The first kappa shape index (κ1) is 22.3. The Hall–Kier alpha value is -3.89. The van der Waals surface area contributed by atoms with E-state index in [1.165, 1.54) is 13.9 Å². The zero-order chi connectivity index (χ0) is 24.1. The van der Waals surface area contributed by atoms with E-state index in [1.807, 2.05) is 6.92 Å². The lowest BCUT2D eigenvalue weighted by molar-refractivity contribution is -0.137. The number of alkyl halides is 3. The Morgan fingerprint density at radius 1 is 1.09 bits per heavy atom. The predicted octanol–water partition coefficient (Wildman–Crippen LogP) is 3.59. The number of aryl methyl sites for hydroxylation is 3. The Labute approximate surface area is 185 Å². The van der Waals surface area contributed by atoms with E-state index in [0.29, 0.717) is 34.7 Å². The van der Waals surface area contributed by atoms with E-state index in [9.17, 15) is 22.8 Å². The standard InChI is InChI=1S/C22H20F3N5O3/c1-5-18-19-16(20(31)33-4)10-13(22(23,24)25)11-17(19)27-30(18)15-8-6-14(7-9-15)29-12(2)26-28(3)21(29)32/h6-11H,5H2,1-4H3. The molecule has 0 saturated heterocycles. The van der Waals surface area contributed by atoms with Crippen molar-refractivity contribution in [3.8, 4) is 11.4 Å². The van der Waals surface area contributed by atoms with Crippen molar-refractivity contribution in [2.45, 2.75) is 26.4 Å². The summed E-state index contributed by atoms with van der Waals surface area (Å²) in [6.45, 7) is 3.52. The molecule has 0 aliphatic heterocycles. The van der Waals surface area contributed by atoms with Crippen molar-refractivity contribution in [3.05, 3.63) is 69.5 Å². The number of benzene rings is 2. The fraction of sp³-hybridized carbons (Fsp3) is 0.273. The van der Waals surface area contributed by atoms with Crippen LogP contribution in [0.1, 0.15) is 34.4 Å². The van der Waals surface area contributed by atoms with Gasteiger partial charge in [-0.25, -0.2) is 23.5 Å². The number of hydrogen-bond donors (Lipinski definition) is 0. The number of ether oxygens (including phenoxy) is 1. The molecule has 0 spiro atoms. The van der Waals surface area contributed by atoms with Gasteiger partial charge in [-0.3, -0.25) is 0 Å². The van der Waals surface area contributed by atoms with Crippen molar-refractivity contribution in [1.82, 2.24) is 24.1 Å². The number of rotatable bonds is 4. The highest BCUT2D eigenvalue weighted by atomic mass is 19.4. The Balaban J connectivity index is 1.91. The molecule has 0 bridgehead atoms. The Morgan fingerprint density at radius 3 is 2.24 bits per heavy atom. The minimum Gasteiger partial charge on any atom is -0.465 e. The number of methoxy groups -OCH3 is 1. The molecule has 11 heteroatoms. The van der Waals surface area contributed by atoms with Gasteiger partial charge in [0.05, 0.1) is 40.8 Å². The highest BCUT2D eigenvalue weighted by Crippen LogP contribution is 2.35. The van der Waals surface area contributed by atoms with E-state index < -0.39 is 17.7 Å². The molecule has 4 aromatic rings. The fourth-order valence-electron chi connectivity index (χ4n) is 3.89. The van der Waals surface area contributed by atoms with Crippen molar-refractivity contribution < 1.29 is 22.7 Å². The molecule has 33 heavy (non-hydrogen) atoms. The smallest absolute Gasteiger partial charge is 0.416 e. The summed E-state index contributed by atoms with van der Waals surface area (Å²) < 4.78 is 49.2. The second-order valence-electron chi connectivity index (χ2n) is 7.42. The van der Waals surface area contributed by atoms with Gasteiger partial charge < -0.3 is 4.74 Å². The number of fused-ring (bicyclic) bond motifs is 1. The first-order valence-corrected chi connectivity index (χ1v) is 10.0. The van der Waals surface area contributed by atoms with Gasteiger partial charge in [-0.05, 0) is 49.7 Å². The second kappa shape index (κ2) is 7.91. The highest BCUT2D eigenvalue weighted by Gasteiger charge is 2.33. The summed E-state index contributed by atoms with van der Waals surface area (Å²) in [5.41, 5.74) is 0.252. The number of nitrogens with zero attached hydrogens (tertiary/aromatic N) is 5. The predicted molar refractivity (Wildman–Crippen MR) is 114 cm³/mol. The molecule has 0 amide bonds. The maximum Gasteiger partial charge on any atom is 0.416 e. The van der Waals surface area contributed by atoms with Crippen LogP contribution >= 0.6 is 0 Å². The quantitative estimate of drug-likeness (QED) is 0.436. The van der Waals surface area contributed by atoms with Crippen molar-refractivity contribution in [1.29, 1.82) is 0 Å². The largest absolute Gasteiger partial charge is 0.465 e. The van der Waals surface area contributed by atoms with Gasteiger partial charge in [-0.15, -0.1) is 0 Å². The molecule has 0 aliphatic carbocycles. The van der Waals surface area contributed by atoms with Crippen LogP contribution in [0.2, 0.25) is 0 Å². The van der Waals surface area contributed by atoms with Crippen LogP contribution in [0.5, 0.6) is 0 Å². The summed E-state index contributed by atoms with van der Waals surface area (Å²) in [4.78, 5) is 24.6. The second-order valence-corrected chi connectivity index (χ2v) is 7.42. The number of esters is 1. The van der Waals surface area contributed by atoms with Crippen molar-refractivity contribution >= 4 is 16.9 Å². The molecule has 8 nitrogen and oxygen atoms in total. The van der Waals surface area contributed by atoms with E-state index in [-0.39, 0.29) is 16.8 Å². The molecule has 0 radical (unpaired) electrons. The van der Waals surface area contributed by atoms with Gasteiger partial charge >= 0.3 is 17.8 Å². The van der Waals surface area contributed by atoms with Gasteiger partial charge in [-0.2, -0.15) is 23.4 Å². The molecule has 172 valence electrons. The number of halogens is 3. The molecule has 2 aromatic heterocycles. The van der Waals surface area contributed by atoms with Crippen LogP contribution in [-0.2, 0) is 24.4 Å². The van der Waals surface area contributed by atoms with E-state index in [4.69, 9.17) is 4.74 Å². The third-order valence-electron chi connectivity index (χ3n) is 5.38. The van der Waals surface area contributed by atoms with Crippen LogP contribution < -0.4 is 5.69 Å². The molecule has 2 heterocycles. The Bertz CT molecular complexity index is 1430. The molecule has 0 fully saturated rings. The van der Waals surface area contributed by atoms with Gasteiger partial charge in [-0.1, -0.05) is 6.92 Å².